The van der Waals surface area contributed by atoms with Gasteiger partial charge in [0.2, 0.25) is 5.91 Å². The molecule has 0 saturated carbocycles. The Morgan fingerprint density at radius 3 is 2.38 bits per heavy atom. The maximum absolute atomic E-state index is 12.6. The maximum atomic E-state index is 12.6. The Hall–Kier alpha value is -2.63. The van der Waals surface area contributed by atoms with Crippen LogP contribution in [-0.2, 0) is 17.8 Å². The molecule has 0 aliphatic rings. The van der Waals surface area contributed by atoms with Crippen LogP contribution in [0.25, 0.3) is 0 Å². The fourth-order valence-corrected chi connectivity index (χ4v) is 2.67. The number of carboxylic acid groups (broad SMARTS) is 1. The van der Waals surface area contributed by atoms with E-state index in [1.807, 2.05) is 20.8 Å². The van der Waals surface area contributed by atoms with Gasteiger partial charge in [0.15, 0.2) is 0 Å². The number of aromatic carboxylic acids is 1. The molecule has 0 spiro atoms. The molecule has 0 aliphatic heterocycles. The van der Waals surface area contributed by atoms with Crippen molar-refractivity contribution >= 4 is 11.9 Å². The third-order valence-electron chi connectivity index (χ3n) is 4.11. The van der Waals surface area contributed by atoms with Gasteiger partial charge in [-0.05, 0) is 38.0 Å². The lowest BCUT2D eigenvalue weighted by atomic mass is 9.98. The number of aromatic nitrogens is 1. The van der Waals surface area contributed by atoms with Crippen molar-refractivity contribution in [3.63, 3.8) is 0 Å². The quantitative estimate of drug-likeness (QED) is 0.880. The lowest BCUT2D eigenvalue weighted by Gasteiger charge is -2.21. The van der Waals surface area contributed by atoms with Crippen LogP contribution in [0.2, 0.25) is 0 Å². The molecule has 6 heteroatoms. The molecule has 1 aromatic heterocycles. The van der Waals surface area contributed by atoms with Gasteiger partial charge < -0.3 is 14.5 Å². The Balaban J connectivity index is 1.99. The van der Waals surface area contributed by atoms with Gasteiger partial charge in [-0.2, -0.15) is 0 Å². The van der Waals surface area contributed by atoms with E-state index in [0.717, 1.165) is 22.6 Å². The van der Waals surface area contributed by atoms with Crippen LogP contribution in [0.15, 0.2) is 28.8 Å². The summed E-state index contributed by atoms with van der Waals surface area (Å²) in [5.41, 5.74) is 2.93. The van der Waals surface area contributed by atoms with Crippen LogP contribution in [0.5, 0.6) is 0 Å². The second-order valence-electron chi connectivity index (χ2n) is 6.10. The lowest BCUT2D eigenvalue weighted by molar-refractivity contribution is -0.134. The largest absolute Gasteiger partial charge is 0.478 e. The van der Waals surface area contributed by atoms with Crippen LogP contribution < -0.4 is 0 Å². The van der Waals surface area contributed by atoms with Crippen LogP contribution in [0.3, 0.4) is 0 Å². The molecule has 1 N–H and O–H groups in total. The molecular formula is C18H22N2O4. The first kappa shape index (κ1) is 17.7. The maximum Gasteiger partial charge on any atom is 0.335 e. The molecule has 0 fully saturated rings. The monoisotopic (exact) mass is 330 g/mol. The van der Waals surface area contributed by atoms with E-state index < -0.39 is 5.97 Å². The number of nitrogens with zero attached hydrogens (tertiary/aromatic N) is 2. The molecule has 1 aromatic carbocycles. The van der Waals surface area contributed by atoms with Gasteiger partial charge in [0, 0.05) is 25.1 Å². The van der Waals surface area contributed by atoms with Gasteiger partial charge in [0.25, 0.3) is 0 Å². The van der Waals surface area contributed by atoms with Gasteiger partial charge in [-0.25, -0.2) is 4.79 Å². The normalized spacial score (nSPS) is 12.0. The topological polar surface area (TPSA) is 83.6 Å². The number of rotatable bonds is 6. The Bertz CT molecular complexity index is 714. The number of carbonyl (C=O) groups excluding carboxylic acids is 1. The van der Waals surface area contributed by atoms with Gasteiger partial charge in [-0.3, -0.25) is 4.79 Å². The van der Waals surface area contributed by atoms with Crippen molar-refractivity contribution < 1.29 is 19.2 Å². The lowest BCUT2D eigenvalue weighted by Crippen LogP contribution is -2.32. The first-order valence-corrected chi connectivity index (χ1v) is 7.78. The minimum absolute atomic E-state index is 0.0253. The SMILES string of the molecule is Cc1noc(C)c1C[C@@H](C)C(=O)N(C)Cc1ccc(C(=O)O)cc1. The molecular weight excluding hydrogens is 308 g/mol. The predicted molar refractivity (Wildman–Crippen MR) is 88.7 cm³/mol. The Morgan fingerprint density at radius 1 is 1.25 bits per heavy atom. The highest BCUT2D eigenvalue weighted by atomic mass is 16.5. The number of hydrogen-bond acceptors (Lipinski definition) is 4. The van der Waals surface area contributed by atoms with Gasteiger partial charge in [0.05, 0.1) is 11.3 Å². The molecule has 6 nitrogen and oxygen atoms in total. The Labute approximate surface area is 141 Å². The summed E-state index contributed by atoms with van der Waals surface area (Å²) in [5.74, 6) is -0.375. The van der Waals surface area contributed by atoms with Crippen LogP contribution in [-0.4, -0.2) is 34.1 Å². The van der Waals surface area contributed by atoms with Gasteiger partial charge >= 0.3 is 5.97 Å². The Kier molecular flexibility index (Phi) is 5.39. The van der Waals surface area contributed by atoms with Crippen LogP contribution >= 0.6 is 0 Å². The number of aryl methyl sites for hydroxylation is 2. The van der Waals surface area contributed by atoms with E-state index in [1.54, 1.807) is 36.2 Å². The van der Waals surface area contributed by atoms with Crippen molar-refractivity contribution in [1.29, 1.82) is 0 Å². The molecule has 0 bridgehead atoms. The molecule has 128 valence electrons. The van der Waals surface area contributed by atoms with E-state index in [9.17, 15) is 9.59 Å². The van der Waals surface area contributed by atoms with Crippen LogP contribution in [0.4, 0.5) is 0 Å². The molecule has 0 aliphatic carbocycles. The molecule has 2 rings (SSSR count). The van der Waals surface area contributed by atoms with Gasteiger partial charge in [-0.1, -0.05) is 24.2 Å². The molecule has 1 atom stereocenters. The van der Waals surface area contributed by atoms with Gasteiger partial charge in [-0.15, -0.1) is 0 Å². The fraction of sp³-hybridized carbons (Fsp3) is 0.389. The standard InChI is InChI=1S/C18H22N2O4/c1-11(9-16-12(2)19-24-13(16)3)17(21)20(4)10-14-5-7-15(8-6-14)18(22)23/h5-8,11H,9-10H2,1-4H3,(H,22,23)/t11-/m1/s1. The molecule has 0 radical (unpaired) electrons. The number of carboxylic acids is 1. The molecule has 24 heavy (non-hydrogen) atoms. The number of benzene rings is 1. The highest BCUT2D eigenvalue weighted by Crippen LogP contribution is 2.19. The number of amides is 1. The van der Waals surface area contributed by atoms with Crippen molar-refractivity contribution in [2.75, 3.05) is 7.05 Å². The number of carbonyl (C=O) groups is 2. The van der Waals surface area contributed by atoms with E-state index >= 15 is 0 Å². The first-order valence-electron chi connectivity index (χ1n) is 7.78. The third-order valence-corrected chi connectivity index (χ3v) is 4.11. The van der Waals surface area contributed by atoms with Crippen molar-refractivity contribution in [1.82, 2.24) is 10.1 Å². The van der Waals surface area contributed by atoms with Gasteiger partial charge in [0.1, 0.15) is 5.76 Å². The predicted octanol–water partition coefficient (Wildman–Crippen LogP) is 2.83. The van der Waals surface area contributed by atoms with Crippen LogP contribution in [0.1, 0.15) is 39.9 Å². The molecule has 1 amide bonds. The van der Waals surface area contributed by atoms with E-state index in [4.69, 9.17) is 9.63 Å². The fourth-order valence-electron chi connectivity index (χ4n) is 2.67. The van der Waals surface area contributed by atoms with Crippen molar-refractivity contribution in [3.8, 4) is 0 Å². The van der Waals surface area contributed by atoms with E-state index in [-0.39, 0.29) is 17.4 Å². The molecule has 0 saturated heterocycles. The molecule has 1 heterocycles. The zero-order valence-corrected chi connectivity index (χ0v) is 14.4. The van der Waals surface area contributed by atoms with E-state index in [2.05, 4.69) is 5.16 Å². The summed E-state index contributed by atoms with van der Waals surface area (Å²) in [6.45, 7) is 6.04. The van der Waals surface area contributed by atoms with Crippen molar-refractivity contribution in [3.05, 3.63) is 52.4 Å². The van der Waals surface area contributed by atoms with Crippen LogP contribution in [0, 0.1) is 19.8 Å². The van der Waals surface area contributed by atoms with Crippen molar-refractivity contribution in [2.24, 2.45) is 5.92 Å². The second-order valence-corrected chi connectivity index (χ2v) is 6.10. The summed E-state index contributed by atoms with van der Waals surface area (Å²) >= 11 is 0. The minimum Gasteiger partial charge on any atom is -0.478 e. The molecule has 0 unspecified atom stereocenters. The average Bonchev–Trinajstić information content (AvgIpc) is 2.86. The first-order chi connectivity index (χ1) is 11.3. The van der Waals surface area contributed by atoms with E-state index in [1.165, 1.54) is 0 Å². The summed E-state index contributed by atoms with van der Waals surface area (Å²) in [5, 5.41) is 12.8. The highest BCUT2D eigenvalue weighted by molar-refractivity contribution is 5.87. The summed E-state index contributed by atoms with van der Waals surface area (Å²) in [6, 6.07) is 6.55. The third kappa shape index (κ3) is 4.01. The molecule has 2 aromatic rings. The highest BCUT2D eigenvalue weighted by Gasteiger charge is 2.21. The number of hydrogen-bond donors (Lipinski definition) is 1. The summed E-state index contributed by atoms with van der Waals surface area (Å²) < 4.78 is 5.14. The zero-order valence-electron chi connectivity index (χ0n) is 14.4. The summed E-state index contributed by atoms with van der Waals surface area (Å²) in [4.78, 5) is 25.1. The second kappa shape index (κ2) is 7.29. The average molecular weight is 330 g/mol. The summed E-state index contributed by atoms with van der Waals surface area (Å²) in [6.07, 6.45) is 0.586. The smallest absolute Gasteiger partial charge is 0.335 e. The minimum atomic E-state index is -0.959. The summed E-state index contributed by atoms with van der Waals surface area (Å²) in [7, 11) is 1.75. The van der Waals surface area contributed by atoms with E-state index in [0.29, 0.717) is 13.0 Å². The Morgan fingerprint density at radius 2 is 1.88 bits per heavy atom. The zero-order chi connectivity index (χ0) is 17.9. The van der Waals surface area contributed by atoms with Crippen molar-refractivity contribution in [2.45, 2.75) is 33.7 Å².